The fourth-order valence-corrected chi connectivity index (χ4v) is 1.51. The molecule has 1 N–H and O–H groups in total. The van der Waals surface area contributed by atoms with Gasteiger partial charge in [-0.15, -0.1) is 0 Å². The van der Waals surface area contributed by atoms with Crippen LogP contribution in [-0.2, 0) is 4.74 Å². The molecule has 0 aliphatic rings. The molecule has 0 saturated heterocycles. The van der Waals surface area contributed by atoms with Crippen molar-refractivity contribution in [1.29, 1.82) is 0 Å². The summed E-state index contributed by atoms with van der Waals surface area (Å²) in [5, 5.41) is 2.58. The van der Waals surface area contributed by atoms with Crippen LogP contribution < -0.4 is 5.32 Å². The van der Waals surface area contributed by atoms with Crippen LogP contribution in [0.25, 0.3) is 0 Å². The van der Waals surface area contributed by atoms with Gasteiger partial charge in [0, 0.05) is 18.0 Å². The molecule has 104 valence electrons. The normalized spacial score (nSPS) is 12.6. The number of Topliss-reactive ketones (excluding diaryl/α,β-unsaturated/α-hetero) is 1. The SMILES string of the molecule is CCC(NC(=O)OC(C)(C)C)C(=O)c1cccnc1. The van der Waals surface area contributed by atoms with E-state index in [1.807, 2.05) is 6.92 Å². The van der Waals surface area contributed by atoms with Gasteiger partial charge in [0.05, 0.1) is 6.04 Å². The smallest absolute Gasteiger partial charge is 0.408 e. The topological polar surface area (TPSA) is 68.3 Å². The van der Waals surface area contributed by atoms with Gasteiger partial charge >= 0.3 is 6.09 Å². The van der Waals surface area contributed by atoms with Crippen molar-refractivity contribution in [3.8, 4) is 0 Å². The molecule has 1 rings (SSSR count). The van der Waals surface area contributed by atoms with Crippen molar-refractivity contribution >= 4 is 11.9 Å². The van der Waals surface area contributed by atoms with Gasteiger partial charge in [0.15, 0.2) is 5.78 Å². The monoisotopic (exact) mass is 264 g/mol. The molecule has 19 heavy (non-hydrogen) atoms. The molecule has 0 radical (unpaired) electrons. The first-order valence-electron chi connectivity index (χ1n) is 6.27. The van der Waals surface area contributed by atoms with Crippen LogP contribution >= 0.6 is 0 Å². The van der Waals surface area contributed by atoms with E-state index in [1.165, 1.54) is 6.20 Å². The number of hydrogen-bond acceptors (Lipinski definition) is 4. The van der Waals surface area contributed by atoms with Crippen molar-refractivity contribution < 1.29 is 14.3 Å². The largest absolute Gasteiger partial charge is 0.444 e. The molecule has 5 heteroatoms. The molecule has 0 fully saturated rings. The first-order valence-corrected chi connectivity index (χ1v) is 6.27. The molecule has 0 aromatic carbocycles. The van der Waals surface area contributed by atoms with Gasteiger partial charge in [-0.1, -0.05) is 6.92 Å². The van der Waals surface area contributed by atoms with Crippen LogP contribution in [0.2, 0.25) is 0 Å². The molecular weight excluding hydrogens is 244 g/mol. The van der Waals surface area contributed by atoms with Gasteiger partial charge in [-0.2, -0.15) is 0 Å². The molecule has 1 atom stereocenters. The van der Waals surface area contributed by atoms with Crippen molar-refractivity contribution in [3.63, 3.8) is 0 Å². The number of nitrogens with one attached hydrogen (secondary N) is 1. The highest BCUT2D eigenvalue weighted by Crippen LogP contribution is 2.09. The summed E-state index contributed by atoms with van der Waals surface area (Å²) in [4.78, 5) is 27.7. The lowest BCUT2D eigenvalue weighted by atomic mass is 10.0. The summed E-state index contributed by atoms with van der Waals surface area (Å²) >= 11 is 0. The minimum absolute atomic E-state index is 0.165. The maximum absolute atomic E-state index is 12.2. The van der Waals surface area contributed by atoms with Crippen LogP contribution in [0.5, 0.6) is 0 Å². The number of ether oxygens (including phenoxy) is 1. The van der Waals surface area contributed by atoms with Crippen molar-refractivity contribution in [1.82, 2.24) is 10.3 Å². The minimum Gasteiger partial charge on any atom is -0.444 e. The Kier molecular flexibility index (Phi) is 5.03. The molecule has 1 heterocycles. The van der Waals surface area contributed by atoms with E-state index >= 15 is 0 Å². The number of alkyl carbamates (subject to hydrolysis) is 1. The molecule has 1 amide bonds. The van der Waals surface area contributed by atoms with E-state index in [1.54, 1.807) is 39.1 Å². The zero-order chi connectivity index (χ0) is 14.5. The Bertz CT molecular complexity index is 438. The lowest BCUT2D eigenvalue weighted by Gasteiger charge is -2.22. The number of nitrogens with zero attached hydrogens (tertiary/aromatic N) is 1. The second-order valence-corrected chi connectivity index (χ2v) is 5.21. The molecule has 1 aromatic heterocycles. The van der Waals surface area contributed by atoms with E-state index in [9.17, 15) is 9.59 Å². The van der Waals surface area contributed by atoms with Gasteiger partial charge in [0.25, 0.3) is 0 Å². The molecule has 0 spiro atoms. The predicted octanol–water partition coefficient (Wildman–Crippen LogP) is 2.57. The van der Waals surface area contributed by atoms with E-state index in [0.717, 1.165) is 0 Å². The van der Waals surface area contributed by atoms with Gasteiger partial charge in [-0.05, 0) is 39.3 Å². The number of hydrogen-bond donors (Lipinski definition) is 1. The third kappa shape index (κ3) is 5.07. The summed E-state index contributed by atoms with van der Waals surface area (Å²) in [6, 6.07) is 2.77. The molecule has 1 unspecified atom stereocenters. The number of amides is 1. The summed E-state index contributed by atoms with van der Waals surface area (Å²) in [5.41, 5.74) is -0.106. The fraction of sp³-hybridized carbons (Fsp3) is 0.500. The van der Waals surface area contributed by atoms with Crippen LogP contribution in [0.3, 0.4) is 0 Å². The fourth-order valence-electron chi connectivity index (χ4n) is 1.51. The van der Waals surface area contributed by atoms with E-state index in [4.69, 9.17) is 4.74 Å². The minimum atomic E-state index is -0.598. The Hall–Kier alpha value is -1.91. The Morgan fingerprint density at radius 2 is 2.11 bits per heavy atom. The number of rotatable bonds is 4. The standard InChI is InChI=1S/C14H20N2O3/c1-5-11(16-13(18)19-14(2,3)4)12(17)10-7-6-8-15-9-10/h6-9,11H,5H2,1-4H3,(H,16,18). The van der Waals surface area contributed by atoms with Crippen LogP contribution in [0, 0.1) is 0 Å². The van der Waals surface area contributed by atoms with Crippen LogP contribution in [-0.4, -0.2) is 28.5 Å². The quantitative estimate of drug-likeness (QED) is 0.849. The second-order valence-electron chi connectivity index (χ2n) is 5.21. The van der Waals surface area contributed by atoms with E-state index in [-0.39, 0.29) is 5.78 Å². The van der Waals surface area contributed by atoms with Crippen molar-refractivity contribution in [2.45, 2.75) is 45.8 Å². The Morgan fingerprint density at radius 1 is 1.42 bits per heavy atom. The highest BCUT2D eigenvalue weighted by molar-refractivity contribution is 6.01. The first-order chi connectivity index (χ1) is 8.83. The maximum Gasteiger partial charge on any atom is 0.408 e. The number of carbonyl (C=O) groups excluding carboxylic acids is 2. The average molecular weight is 264 g/mol. The van der Waals surface area contributed by atoms with Crippen molar-refractivity contribution in [2.24, 2.45) is 0 Å². The Morgan fingerprint density at radius 3 is 2.58 bits per heavy atom. The summed E-state index contributed by atoms with van der Waals surface area (Å²) in [5.74, 6) is -0.165. The average Bonchev–Trinajstić information content (AvgIpc) is 2.34. The number of ketones is 1. The number of carbonyl (C=O) groups is 2. The number of pyridine rings is 1. The van der Waals surface area contributed by atoms with Crippen LogP contribution in [0.15, 0.2) is 24.5 Å². The third-order valence-corrected chi connectivity index (χ3v) is 2.36. The lowest BCUT2D eigenvalue weighted by molar-refractivity contribution is 0.0490. The summed E-state index contributed by atoms with van der Waals surface area (Å²) in [6.07, 6.45) is 2.99. The summed E-state index contributed by atoms with van der Waals surface area (Å²) < 4.78 is 5.14. The van der Waals surface area contributed by atoms with Gasteiger partial charge in [-0.3, -0.25) is 9.78 Å². The van der Waals surface area contributed by atoms with Crippen molar-refractivity contribution in [2.75, 3.05) is 0 Å². The van der Waals surface area contributed by atoms with Gasteiger partial charge < -0.3 is 10.1 Å². The molecule has 1 aromatic rings. The van der Waals surface area contributed by atoms with Gasteiger partial charge in [0.1, 0.15) is 5.60 Å². The van der Waals surface area contributed by atoms with E-state index < -0.39 is 17.7 Å². The molecular formula is C14H20N2O3. The van der Waals surface area contributed by atoms with Gasteiger partial charge in [-0.25, -0.2) is 4.79 Å². The molecule has 5 nitrogen and oxygen atoms in total. The summed E-state index contributed by atoms with van der Waals surface area (Å²) in [6.45, 7) is 7.15. The predicted molar refractivity (Wildman–Crippen MR) is 72.0 cm³/mol. The molecule has 0 aliphatic carbocycles. The Labute approximate surface area is 113 Å². The second kappa shape index (κ2) is 6.31. The lowest BCUT2D eigenvalue weighted by Crippen LogP contribution is -2.43. The zero-order valence-electron chi connectivity index (χ0n) is 11.8. The van der Waals surface area contributed by atoms with Crippen LogP contribution in [0.1, 0.15) is 44.5 Å². The van der Waals surface area contributed by atoms with Gasteiger partial charge in [0.2, 0.25) is 0 Å². The molecule has 0 aliphatic heterocycles. The van der Waals surface area contributed by atoms with E-state index in [0.29, 0.717) is 12.0 Å². The van der Waals surface area contributed by atoms with Crippen LogP contribution in [0.4, 0.5) is 4.79 Å². The summed E-state index contributed by atoms with van der Waals surface area (Å²) in [7, 11) is 0. The first kappa shape index (κ1) is 15.1. The maximum atomic E-state index is 12.2. The van der Waals surface area contributed by atoms with E-state index in [2.05, 4.69) is 10.3 Å². The zero-order valence-corrected chi connectivity index (χ0v) is 11.8. The highest BCUT2D eigenvalue weighted by Gasteiger charge is 2.23. The molecule has 0 bridgehead atoms. The number of aromatic nitrogens is 1. The Balaban J connectivity index is 2.69. The third-order valence-electron chi connectivity index (χ3n) is 2.36. The highest BCUT2D eigenvalue weighted by atomic mass is 16.6. The van der Waals surface area contributed by atoms with Crippen molar-refractivity contribution in [3.05, 3.63) is 30.1 Å². The molecule has 0 saturated carbocycles.